The minimum Gasteiger partial charge on any atom is -0.302 e. The summed E-state index contributed by atoms with van der Waals surface area (Å²) in [5.41, 5.74) is -1.02. The largest absolute Gasteiger partial charge is 0.416 e. The summed E-state index contributed by atoms with van der Waals surface area (Å²) in [4.78, 5) is 4.09. The molecular weight excluding hydrogens is 415 g/mol. The molecule has 1 atom stereocenters. The normalized spacial score (nSPS) is 23.8. The summed E-state index contributed by atoms with van der Waals surface area (Å²) >= 11 is 5.93. The number of alkyl halides is 3. The van der Waals surface area contributed by atoms with Crippen LogP contribution in [0.25, 0.3) is 0 Å². The molecule has 0 aromatic heterocycles. The highest BCUT2D eigenvalue weighted by Crippen LogP contribution is 2.34. The lowest BCUT2D eigenvalue weighted by Crippen LogP contribution is -2.52. The quantitative estimate of drug-likeness (QED) is 0.723. The van der Waals surface area contributed by atoms with Crippen molar-refractivity contribution in [1.29, 1.82) is 0 Å². The van der Waals surface area contributed by atoms with E-state index in [-0.39, 0.29) is 18.1 Å². The number of nitrogens with zero attached hydrogens (tertiary/aromatic N) is 3. The molecule has 0 N–H and O–H groups in total. The van der Waals surface area contributed by atoms with Crippen LogP contribution in [-0.4, -0.2) is 74.9 Å². The van der Waals surface area contributed by atoms with Gasteiger partial charge in [-0.15, -0.1) is 0 Å². The van der Waals surface area contributed by atoms with Gasteiger partial charge in [0.25, 0.3) is 0 Å². The third-order valence-electron chi connectivity index (χ3n) is 5.60. The van der Waals surface area contributed by atoms with Gasteiger partial charge in [0, 0.05) is 38.8 Å². The van der Waals surface area contributed by atoms with E-state index in [1.807, 2.05) is 0 Å². The van der Waals surface area contributed by atoms with E-state index in [1.54, 1.807) is 0 Å². The molecule has 2 aliphatic rings. The third kappa shape index (κ3) is 4.81. The van der Waals surface area contributed by atoms with Crippen LogP contribution in [0.3, 0.4) is 0 Å². The first-order valence-electron chi connectivity index (χ1n) is 9.38. The van der Waals surface area contributed by atoms with Crippen molar-refractivity contribution in [3.63, 3.8) is 0 Å². The predicted octanol–water partition coefficient (Wildman–Crippen LogP) is 3.15. The molecular formula is C18H25ClF3N3O2S. The Morgan fingerprint density at radius 2 is 1.79 bits per heavy atom. The Labute approximate surface area is 169 Å². The number of piperazine rings is 1. The Morgan fingerprint density at radius 3 is 2.39 bits per heavy atom. The van der Waals surface area contributed by atoms with Gasteiger partial charge in [0.2, 0.25) is 10.0 Å². The van der Waals surface area contributed by atoms with Crippen LogP contribution in [0.2, 0.25) is 5.02 Å². The molecule has 2 heterocycles. The highest BCUT2D eigenvalue weighted by atomic mass is 35.5. The van der Waals surface area contributed by atoms with Gasteiger partial charge in [0.1, 0.15) is 4.90 Å². The summed E-state index contributed by atoms with van der Waals surface area (Å²) in [6, 6.07) is 2.88. The Balaban J connectivity index is 1.68. The van der Waals surface area contributed by atoms with E-state index < -0.39 is 26.7 Å². The zero-order valence-electron chi connectivity index (χ0n) is 15.8. The zero-order chi connectivity index (χ0) is 20.5. The van der Waals surface area contributed by atoms with Gasteiger partial charge in [-0.25, -0.2) is 8.42 Å². The molecule has 0 radical (unpaired) electrons. The van der Waals surface area contributed by atoms with Gasteiger partial charge >= 0.3 is 6.18 Å². The van der Waals surface area contributed by atoms with Crippen molar-refractivity contribution in [1.82, 2.24) is 14.1 Å². The summed E-state index contributed by atoms with van der Waals surface area (Å²) in [6.07, 6.45) is -1.08. The second-order valence-corrected chi connectivity index (χ2v) is 9.79. The number of halogens is 4. The Kier molecular flexibility index (Phi) is 6.61. The van der Waals surface area contributed by atoms with E-state index in [1.165, 1.54) is 17.1 Å². The molecule has 1 unspecified atom stereocenters. The van der Waals surface area contributed by atoms with Crippen molar-refractivity contribution in [2.75, 3.05) is 46.3 Å². The molecule has 0 aliphatic carbocycles. The molecule has 10 heteroatoms. The molecule has 3 rings (SSSR count). The van der Waals surface area contributed by atoms with Crippen molar-refractivity contribution >= 4 is 21.6 Å². The molecule has 0 spiro atoms. The average molecular weight is 440 g/mol. The number of sulfonamides is 1. The van der Waals surface area contributed by atoms with Crippen molar-refractivity contribution in [2.45, 2.75) is 36.4 Å². The first-order chi connectivity index (χ1) is 13.1. The van der Waals surface area contributed by atoms with Crippen molar-refractivity contribution in [3.8, 4) is 0 Å². The van der Waals surface area contributed by atoms with E-state index in [9.17, 15) is 21.6 Å². The zero-order valence-corrected chi connectivity index (χ0v) is 17.3. The van der Waals surface area contributed by atoms with Gasteiger partial charge in [-0.1, -0.05) is 18.0 Å². The highest BCUT2D eigenvalue weighted by molar-refractivity contribution is 7.89. The number of benzene rings is 1. The number of piperidine rings is 1. The lowest BCUT2D eigenvalue weighted by molar-refractivity contribution is -0.137. The SMILES string of the molecule is CN1CCCCC1CN1CCN(S(=O)(=O)c2cc(C(F)(F)F)ccc2Cl)CC1. The van der Waals surface area contributed by atoms with E-state index in [4.69, 9.17) is 11.6 Å². The Hall–Kier alpha value is -0.870. The molecule has 28 heavy (non-hydrogen) atoms. The average Bonchev–Trinajstić information content (AvgIpc) is 2.63. The second kappa shape index (κ2) is 8.47. The molecule has 2 fully saturated rings. The molecule has 0 saturated carbocycles. The first-order valence-corrected chi connectivity index (χ1v) is 11.2. The molecule has 5 nitrogen and oxygen atoms in total. The monoisotopic (exact) mass is 439 g/mol. The number of hydrogen-bond donors (Lipinski definition) is 0. The topological polar surface area (TPSA) is 43.9 Å². The Bertz CT molecular complexity index is 796. The van der Waals surface area contributed by atoms with Crippen LogP contribution in [-0.2, 0) is 16.2 Å². The van der Waals surface area contributed by atoms with Gasteiger partial charge in [0.05, 0.1) is 10.6 Å². The third-order valence-corrected chi connectivity index (χ3v) is 7.98. The first kappa shape index (κ1) is 21.8. The van der Waals surface area contributed by atoms with Crippen LogP contribution in [0.4, 0.5) is 13.2 Å². The minimum atomic E-state index is -4.63. The molecule has 0 bridgehead atoms. The second-order valence-electron chi connectivity index (χ2n) is 7.48. The van der Waals surface area contributed by atoms with E-state index >= 15 is 0 Å². The van der Waals surface area contributed by atoms with Crippen LogP contribution < -0.4 is 0 Å². The summed E-state index contributed by atoms with van der Waals surface area (Å²) in [7, 11) is -1.97. The maximum absolute atomic E-state index is 13.0. The fraction of sp³-hybridized carbons (Fsp3) is 0.667. The van der Waals surface area contributed by atoms with E-state index in [2.05, 4.69) is 16.8 Å². The number of likely N-dealkylation sites (tertiary alicyclic amines) is 1. The molecule has 1 aromatic rings. The van der Waals surface area contributed by atoms with Gasteiger partial charge in [-0.05, 0) is 44.6 Å². The summed E-state index contributed by atoms with van der Waals surface area (Å²) in [5, 5.41) is -0.195. The van der Waals surface area contributed by atoms with Gasteiger partial charge in [0.15, 0.2) is 0 Å². The Morgan fingerprint density at radius 1 is 1.11 bits per heavy atom. The van der Waals surface area contributed by atoms with Gasteiger partial charge in [-0.3, -0.25) is 4.90 Å². The molecule has 2 saturated heterocycles. The smallest absolute Gasteiger partial charge is 0.302 e. The highest BCUT2D eigenvalue weighted by Gasteiger charge is 2.35. The van der Waals surface area contributed by atoms with Gasteiger partial charge < -0.3 is 4.90 Å². The fourth-order valence-electron chi connectivity index (χ4n) is 3.84. The predicted molar refractivity (Wildman–Crippen MR) is 102 cm³/mol. The number of likely N-dealkylation sites (N-methyl/N-ethyl adjacent to an activating group) is 1. The van der Waals surface area contributed by atoms with Crippen LogP contribution in [0.1, 0.15) is 24.8 Å². The fourth-order valence-corrected chi connectivity index (χ4v) is 5.76. The van der Waals surface area contributed by atoms with Crippen molar-refractivity contribution < 1.29 is 21.6 Å². The van der Waals surface area contributed by atoms with Crippen molar-refractivity contribution in [3.05, 3.63) is 28.8 Å². The molecule has 2 aliphatic heterocycles. The maximum Gasteiger partial charge on any atom is 0.416 e. The van der Waals surface area contributed by atoms with Gasteiger partial charge in [-0.2, -0.15) is 17.5 Å². The number of hydrogen-bond acceptors (Lipinski definition) is 4. The molecule has 158 valence electrons. The lowest BCUT2D eigenvalue weighted by atomic mass is 10.0. The summed E-state index contributed by atoms with van der Waals surface area (Å²) in [6.45, 7) is 3.55. The van der Waals surface area contributed by atoms with Crippen LogP contribution in [0.15, 0.2) is 23.1 Å². The van der Waals surface area contributed by atoms with Crippen LogP contribution >= 0.6 is 11.6 Å². The summed E-state index contributed by atoms with van der Waals surface area (Å²) < 4.78 is 65.9. The number of rotatable bonds is 4. The molecule has 0 amide bonds. The van der Waals surface area contributed by atoms with Crippen LogP contribution in [0, 0.1) is 0 Å². The molecule has 1 aromatic carbocycles. The van der Waals surface area contributed by atoms with Crippen LogP contribution in [0.5, 0.6) is 0 Å². The standard InChI is InChI=1S/C18H25ClF3N3O2S/c1-23-7-3-2-4-15(23)13-24-8-10-25(11-9-24)28(26,27)17-12-14(18(20,21)22)5-6-16(17)19/h5-6,12,15H,2-4,7-11,13H2,1H3. The van der Waals surface area contributed by atoms with E-state index in [0.29, 0.717) is 25.2 Å². The lowest BCUT2D eigenvalue weighted by Gasteiger charge is -2.39. The van der Waals surface area contributed by atoms with E-state index in [0.717, 1.165) is 31.6 Å². The minimum absolute atomic E-state index is 0.195. The maximum atomic E-state index is 13.0. The summed E-state index contributed by atoms with van der Waals surface area (Å²) in [5.74, 6) is 0. The van der Waals surface area contributed by atoms with Crippen molar-refractivity contribution in [2.24, 2.45) is 0 Å².